The molecule has 6 rings (SSSR count). The molecule has 0 radical (unpaired) electrons. The fourth-order valence-corrected chi connectivity index (χ4v) is 6.33. The predicted molar refractivity (Wildman–Crippen MR) is 110 cm³/mol. The van der Waals surface area contributed by atoms with Crippen molar-refractivity contribution in [1.82, 2.24) is 5.32 Å². The van der Waals surface area contributed by atoms with Crippen LogP contribution in [-0.4, -0.2) is 5.54 Å². The lowest BCUT2D eigenvalue weighted by molar-refractivity contribution is -0.0206. The first kappa shape index (κ1) is 17.3. The third-order valence-corrected chi connectivity index (χ3v) is 7.09. The zero-order valence-electron chi connectivity index (χ0n) is 16.4. The summed E-state index contributed by atoms with van der Waals surface area (Å²) in [6, 6.07) is 17.2. The minimum atomic E-state index is 0.424. The van der Waals surface area contributed by atoms with E-state index in [1.54, 1.807) is 0 Å². The van der Waals surface area contributed by atoms with Gasteiger partial charge in [-0.25, -0.2) is 0 Å². The molecule has 4 saturated carbocycles. The molecule has 0 spiro atoms. The van der Waals surface area contributed by atoms with E-state index in [4.69, 9.17) is 4.74 Å². The maximum atomic E-state index is 6.06. The smallest absolute Gasteiger partial charge is 0.120 e. The van der Waals surface area contributed by atoms with Crippen LogP contribution in [0.2, 0.25) is 0 Å². The Morgan fingerprint density at radius 3 is 2.26 bits per heavy atom. The molecular weight excluding hydrogens is 330 g/mol. The molecule has 0 amide bonds. The second-order valence-corrected chi connectivity index (χ2v) is 9.48. The average molecular weight is 362 g/mol. The van der Waals surface area contributed by atoms with Crippen molar-refractivity contribution < 1.29 is 4.74 Å². The van der Waals surface area contributed by atoms with Crippen molar-refractivity contribution in [3.05, 3.63) is 65.2 Å². The summed E-state index contributed by atoms with van der Waals surface area (Å²) in [7, 11) is 0. The molecule has 2 heteroatoms. The van der Waals surface area contributed by atoms with Crippen LogP contribution in [0.3, 0.4) is 0 Å². The van der Waals surface area contributed by atoms with E-state index < -0.39 is 0 Å². The Morgan fingerprint density at radius 2 is 1.56 bits per heavy atom. The lowest BCUT2D eigenvalue weighted by Crippen LogP contribution is -2.58. The van der Waals surface area contributed by atoms with E-state index in [0.29, 0.717) is 12.1 Å². The van der Waals surface area contributed by atoms with Crippen molar-refractivity contribution in [2.45, 2.75) is 64.1 Å². The quantitative estimate of drug-likeness (QED) is 0.720. The molecule has 0 aliphatic heterocycles. The monoisotopic (exact) mass is 361 g/mol. The second-order valence-electron chi connectivity index (χ2n) is 9.48. The number of hydrogen-bond acceptors (Lipinski definition) is 2. The summed E-state index contributed by atoms with van der Waals surface area (Å²) < 4.78 is 6.06. The normalized spacial score (nSPS) is 31.2. The predicted octanol–water partition coefficient (Wildman–Crippen LogP) is 5.63. The molecule has 2 aromatic rings. The Balaban J connectivity index is 1.21. The molecule has 142 valence electrons. The van der Waals surface area contributed by atoms with E-state index >= 15 is 0 Å². The molecule has 0 aromatic heterocycles. The number of benzene rings is 2. The van der Waals surface area contributed by atoms with Crippen molar-refractivity contribution in [1.29, 1.82) is 0 Å². The highest BCUT2D eigenvalue weighted by Gasteiger charge is 2.50. The lowest BCUT2D eigenvalue weighted by atomic mass is 9.53. The summed E-state index contributed by atoms with van der Waals surface area (Å²) in [5.41, 5.74) is 4.27. The van der Waals surface area contributed by atoms with Gasteiger partial charge in [-0.05, 0) is 86.5 Å². The van der Waals surface area contributed by atoms with Crippen molar-refractivity contribution >= 4 is 0 Å². The minimum Gasteiger partial charge on any atom is -0.489 e. The van der Waals surface area contributed by atoms with Gasteiger partial charge in [0.05, 0.1) is 0 Å². The van der Waals surface area contributed by atoms with E-state index in [1.807, 2.05) is 0 Å². The molecule has 2 nitrogen and oxygen atoms in total. The van der Waals surface area contributed by atoms with Crippen LogP contribution in [-0.2, 0) is 13.2 Å². The highest BCUT2D eigenvalue weighted by molar-refractivity contribution is 5.29. The zero-order chi connectivity index (χ0) is 18.3. The van der Waals surface area contributed by atoms with Crippen LogP contribution < -0.4 is 10.1 Å². The highest BCUT2D eigenvalue weighted by Crippen LogP contribution is 2.55. The fourth-order valence-electron chi connectivity index (χ4n) is 6.33. The SMILES string of the molecule is Cc1cccc(COc2cccc(CNC34CC5CC(CC(C5)C3)C4)c2)c1. The van der Waals surface area contributed by atoms with Crippen LogP contribution in [0, 0.1) is 24.7 Å². The molecule has 27 heavy (non-hydrogen) atoms. The van der Waals surface area contributed by atoms with Gasteiger partial charge in [-0.3, -0.25) is 0 Å². The first-order valence-electron chi connectivity index (χ1n) is 10.7. The molecule has 1 N–H and O–H groups in total. The molecule has 0 heterocycles. The summed E-state index contributed by atoms with van der Waals surface area (Å²) in [6.07, 6.45) is 8.73. The molecule has 4 bridgehead atoms. The number of ether oxygens (including phenoxy) is 1. The van der Waals surface area contributed by atoms with Crippen LogP contribution in [0.5, 0.6) is 5.75 Å². The first-order valence-corrected chi connectivity index (χ1v) is 10.7. The van der Waals surface area contributed by atoms with Crippen LogP contribution in [0.4, 0.5) is 0 Å². The Bertz CT molecular complexity index is 776. The molecule has 0 atom stereocenters. The third-order valence-electron chi connectivity index (χ3n) is 7.09. The first-order chi connectivity index (χ1) is 13.2. The topological polar surface area (TPSA) is 21.3 Å². The van der Waals surface area contributed by atoms with Crippen molar-refractivity contribution in [3.8, 4) is 5.75 Å². The summed E-state index contributed by atoms with van der Waals surface area (Å²) in [5, 5.41) is 4.00. The Morgan fingerprint density at radius 1 is 0.889 bits per heavy atom. The number of rotatable bonds is 6. The van der Waals surface area contributed by atoms with E-state index in [2.05, 4.69) is 60.8 Å². The van der Waals surface area contributed by atoms with Gasteiger partial charge in [-0.2, -0.15) is 0 Å². The summed E-state index contributed by atoms with van der Waals surface area (Å²) >= 11 is 0. The number of hydrogen-bond donors (Lipinski definition) is 1. The third kappa shape index (κ3) is 3.78. The maximum absolute atomic E-state index is 6.06. The number of aryl methyl sites for hydroxylation is 1. The van der Waals surface area contributed by atoms with Crippen LogP contribution in [0.15, 0.2) is 48.5 Å². The van der Waals surface area contributed by atoms with E-state index in [-0.39, 0.29) is 0 Å². The van der Waals surface area contributed by atoms with E-state index in [1.165, 1.54) is 55.2 Å². The van der Waals surface area contributed by atoms with Gasteiger partial charge < -0.3 is 10.1 Å². The van der Waals surface area contributed by atoms with E-state index in [0.717, 1.165) is 30.0 Å². The standard InChI is InChI=1S/C25H31NO/c1-18-4-2-6-20(8-18)17-27-24-7-3-5-19(12-24)16-26-25-13-21-9-22(14-25)11-23(10-21)15-25/h2-8,12,21-23,26H,9-11,13-17H2,1H3. The van der Waals surface area contributed by atoms with Crippen LogP contribution in [0.25, 0.3) is 0 Å². The largest absolute Gasteiger partial charge is 0.489 e. The minimum absolute atomic E-state index is 0.424. The summed E-state index contributed by atoms with van der Waals surface area (Å²) in [5.74, 6) is 3.95. The maximum Gasteiger partial charge on any atom is 0.120 e. The number of nitrogens with one attached hydrogen (secondary N) is 1. The van der Waals surface area contributed by atoms with Gasteiger partial charge in [0.1, 0.15) is 12.4 Å². The Kier molecular flexibility index (Phi) is 4.47. The van der Waals surface area contributed by atoms with Gasteiger partial charge in [-0.1, -0.05) is 42.0 Å². The second kappa shape index (κ2) is 6.98. The van der Waals surface area contributed by atoms with Gasteiger partial charge in [0.2, 0.25) is 0 Å². The van der Waals surface area contributed by atoms with Crippen molar-refractivity contribution in [2.24, 2.45) is 17.8 Å². The molecule has 0 unspecified atom stereocenters. The molecule has 2 aromatic carbocycles. The van der Waals surface area contributed by atoms with E-state index in [9.17, 15) is 0 Å². The molecule has 4 aliphatic rings. The van der Waals surface area contributed by atoms with Gasteiger partial charge in [0.15, 0.2) is 0 Å². The lowest BCUT2D eigenvalue weighted by Gasteiger charge is -2.57. The van der Waals surface area contributed by atoms with Gasteiger partial charge in [-0.15, -0.1) is 0 Å². The van der Waals surface area contributed by atoms with Crippen molar-refractivity contribution in [3.63, 3.8) is 0 Å². The van der Waals surface area contributed by atoms with Gasteiger partial charge in [0, 0.05) is 12.1 Å². The van der Waals surface area contributed by atoms with Crippen LogP contribution in [0.1, 0.15) is 55.2 Å². The molecular formula is C25H31NO. The van der Waals surface area contributed by atoms with Crippen molar-refractivity contribution in [2.75, 3.05) is 0 Å². The summed E-state index contributed by atoms with van der Waals surface area (Å²) in [4.78, 5) is 0. The zero-order valence-corrected chi connectivity index (χ0v) is 16.4. The molecule has 4 aliphatic carbocycles. The fraction of sp³-hybridized carbons (Fsp3) is 0.520. The highest BCUT2D eigenvalue weighted by atomic mass is 16.5. The molecule has 0 saturated heterocycles. The summed E-state index contributed by atoms with van der Waals surface area (Å²) in [6.45, 7) is 3.72. The Labute approximate surface area is 163 Å². The van der Waals surface area contributed by atoms with Crippen LogP contribution >= 0.6 is 0 Å². The van der Waals surface area contributed by atoms with Gasteiger partial charge >= 0.3 is 0 Å². The van der Waals surface area contributed by atoms with Gasteiger partial charge in [0.25, 0.3) is 0 Å². The average Bonchev–Trinajstić information content (AvgIpc) is 2.64. The Hall–Kier alpha value is -1.80. The molecule has 4 fully saturated rings.